The number of carbonyl (C=O) groups is 1. The van der Waals surface area contributed by atoms with Crippen LogP contribution in [0.3, 0.4) is 0 Å². The fraction of sp³-hybridized carbons (Fsp3) is 0.286. The Hall–Kier alpha value is -3.27. The Labute approximate surface area is 205 Å². The maximum absolute atomic E-state index is 13.4. The molecule has 1 heterocycles. The molecule has 0 aliphatic carbocycles. The van der Waals surface area contributed by atoms with Gasteiger partial charge in [0.25, 0.3) is 5.91 Å². The van der Waals surface area contributed by atoms with E-state index in [1.54, 1.807) is 13.2 Å². The largest absolute Gasteiger partial charge is 0.496 e. The molecule has 5 nitrogen and oxygen atoms in total. The van der Waals surface area contributed by atoms with E-state index in [-0.39, 0.29) is 11.3 Å². The van der Waals surface area contributed by atoms with E-state index in [2.05, 4.69) is 24.4 Å². The van der Waals surface area contributed by atoms with Gasteiger partial charge in [-0.2, -0.15) is 5.26 Å². The number of nitrogens with zero attached hydrogens (tertiary/aromatic N) is 1. The van der Waals surface area contributed by atoms with Crippen molar-refractivity contribution in [3.63, 3.8) is 0 Å². The summed E-state index contributed by atoms with van der Waals surface area (Å²) in [5, 5.41) is 12.6. The van der Waals surface area contributed by atoms with Gasteiger partial charge in [0.2, 0.25) is 0 Å². The van der Waals surface area contributed by atoms with E-state index in [0.717, 1.165) is 39.5 Å². The van der Waals surface area contributed by atoms with Crippen molar-refractivity contribution in [2.24, 2.45) is 0 Å². The zero-order chi connectivity index (χ0) is 24.0. The molecule has 6 heteroatoms. The molecule has 3 aromatic carbocycles. The topological polar surface area (TPSA) is 71.3 Å². The van der Waals surface area contributed by atoms with Gasteiger partial charge in [-0.3, -0.25) is 4.79 Å². The first-order valence-corrected chi connectivity index (χ1v) is 12.1. The van der Waals surface area contributed by atoms with Gasteiger partial charge in [0, 0.05) is 40.5 Å². The molecule has 1 amide bonds. The lowest BCUT2D eigenvalue weighted by molar-refractivity contribution is 0.0478. The van der Waals surface area contributed by atoms with Gasteiger partial charge in [0.1, 0.15) is 11.8 Å². The van der Waals surface area contributed by atoms with Crippen molar-refractivity contribution in [2.45, 2.75) is 35.0 Å². The second kappa shape index (κ2) is 10.8. The van der Waals surface area contributed by atoms with Crippen molar-refractivity contribution in [1.82, 2.24) is 5.32 Å². The molecule has 0 radical (unpaired) electrons. The zero-order valence-corrected chi connectivity index (χ0v) is 20.3. The summed E-state index contributed by atoms with van der Waals surface area (Å²) in [4.78, 5) is 15.0. The summed E-state index contributed by atoms with van der Waals surface area (Å²) in [6, 6.07) is 23.4. The molecular formula is C28H28N2O3S. The van der Waals surface area contributed by atoms with Gasteiger partial charge in [-0.05, 0) is 50.1 Å². The second-order valence-electron chi connectivity index (χ2n) is 8.49. The number of methoxy groups -OCH3 is 1. The van der Waals surface area contributed by atoms with Crippen molar-refractivity contribution >= 4 is 17.7 Å². The van der Waals surface area contributed by atoms with Crippen molar-refractivity contribution in [3.8, 4) is 11.8 Å². The molecule has 0 atom stereocenters. The molecule has 1 aliphatic heterocycles. The summed E-state index contributed by atoms with van der Waals surface area (Å²) in [6.45, 7) is 3.85. The molecule has 1 N–H and O–H groups in total. The van der Waals surface area contributed by atoms with Crippen LogP contribution in [-0.4, -0.2) is 32.8 Å². The monoisotopic (exact) mass is 472 g/mol. The zero-order valence-electron chi connectivity index (χ0n) is 19.5. The third-order valence-electron chi connectivity index (χ3n) is 6.32. The van der Waals surface area contributed by atoms with Crippen LogP contribution in [0.5, 0.6) is 5.75 Å². The predicted molar refractivity (Wildman–Crippen MR) is 134 cm³/mol. The van der Waals surface area contributed by atoms with Gasteiger partial charge in [-0.1, -0.05) is 53.7 Å². The molecule has 174 valence electrons. The minimum absolute atomic E-state index is 0.130. The van der Waals surface area contributed by atoms with Crippen molar-refractivity contribution in [2.75, 3.05) is 26.9 Å². The molecule has 0 bridgehead atoms. The number of hydrogen-bond donors (Lipinski definition) is 1. The first kappa shape index (κ1) is 23.9. The third-order valence-corrected chi connectivity index (χ3v) is 7.47. The highest BCUT2D eigenvalue weighted by molar-refractivity contribution is 7.99. The van der Waals surface area contributed by atoms with E-state index < -0.39 is 0 Å². The van der Waals surface area contributed by atoms with Crippen LogP contribution in [0.1, 0.15) is 39.9 Å². The lowest BCUT2D eigenvalue weighted by Crippen LogP contribution is -2.45. The summed E-state index contributed by atoms with van der Waals surface area (Å²) in [7, 11) is 1.69. The van der Waals surface area contributed by atoms with Gasteiger partial charge in [-0.25, -0.2) is 0 Å². The Morgan fingerprint density at radius 3 is 2.53 bits per heavy atom. The molecule has 34 heavy (non-hydrogen) atoms. The molecule has 0 aromatic heterocycles. The number of rotatable bonds is 7. The average molecular weight is 473 g/mol. The number of aryl methyl sites for hydroxylation is 1. The van der Waals surface area contributed by atoms with Crippen LogP contribution >= 0.6 is 11.8 Å². The molecule has 1 saturated heterocycles. The summed E-state index contributed by atoms with van der Waals surface area (Å²) in [6.07, 6.45) is 1.61. The molecule has 0 saturated carbocycles. The highest BCUT2D eigenvalue weighted by Gasteiger charge is 2.37. The van der Waals surface area contributed by atoms with Crippen LogP contribution in [-0.2, 0) is 10.2 Å². The van der Waals surface area contributed by atoms with Gasteiger partial charge < -0.3 is 14.8 Å². The number of ether oxygens (including phenoxy) is 2. The Morgan fingerprint density at radius 1 is 1.09 bits per heavy atom. The summed E-state index contributed by atoms with van der Waals surface area (Å²) in [5.74, 6) is 0.709. The van der Waals surface area contributed by atoms with Crippen molar-refractivity contribution < 1.29 is 14.3 Å². The quantitative estimate of drug-likeness (QED) is 0.491. The number of hydrogen-bond acceptors (Lipinski definition) is 5. The summed E-state index contributed by atoms with van der Waals surface area (Å²) >= 11 is 1.44. The van der Waals surface area contributed by atoms with Crippen LogP contribution in [0.2, 0.25) is 0 Å². The highest BCUT2D eigenvalue weighted by Crippen LogP contribution is 2.40. The molecular weight excluding hydrogens is 444 g/mol. The van der Waals surface area contributed by atoms with Gasteiger partial charge in [-0.15, -0.1) is 0 Å². The van der Waals surface area contributed by atoms with Crippen LogP contribution in [0.4, 0.5) is 0 Å². The predicted octanol–water partition coefficient (Wildman–Crippen LogP) is 5.50. The Kier molecular flexibility index (Phi) is 7.56. The van der Waals surface area contributed by atoms with Gasteiger partial charge >= 0.3 is 0 Å². The molecule has 0 spiro atoms. The maximum Gasteiger partial charge on any atom is 0.252 e. The minimum Gasteiger partial charge on any atom is -0.496 e. The lowest BCUT2D eigenvalue weighted by Gasteiger charge is -2.39. The van der Waals surface area contributed by atoms with E-state index in [1.807, 2.05) is 54.6 Å². The maximum atomic E-state index is 13.4. The van der Waals surface area contributed by atoms with Gasteiger partial charge in [0.15, 0.2) is 0 Å². The fourth-order valence-corrected chi connectivity index (χ4v) is 5.42. The van der Waals surface area contributed by atoms with E-state index in [9.17, 15) is 10.1 Å². The molecule has 3 aromatic rings. The molecule has 4 rings (SSSR count). The first-order valence-electron chi connectivity index (χ1n) is 11.3. The van der Waals surface area contributed by atoms with Crippen LogP contribution in [0.25, 0.3) is 0 Å². The van der Waals surface area contributed by atoms with E-state index in [4.69, 9.17) is 9.47 Å². The lowest BCUT2D eigenvalue weighted by atomic mass is 9.73. The van der Waals surface area contributed by atoms with E-state index in [0.29, 0.717) is 30.9 Å². The number of nitriles is 1. The highest BCUT2D eigenvalue weighted by atomic mass is 32.2. The van der Waals surface area contributed by atoms with E-state index >= 15 is 0 Å². The smallest absolute Gasteiger partial charge is 0.252 e. The van der Waals surface area contributed by atoms with Crippen molar-refractivity contribution in [1.29, 1.82) is 5.26 Å². The van der Waals surface area contributed by atoms with Crippen molar-refractivity contribution in [3.05, 3.63) is 89.0 Å². The standard InChI is InChI=1S/C28H28N2O3S/c1-20-11-12-24(32-2)23(17-20)28(13-15-33-16-14-28)19-30-27(31)22-8-4-6-10-26(22)34-25-9-5-3-7-21(25)18-29/h3-12,17H,13-16,19H2,1-2H3,(H,30,31). The van der Waals surface area contributed by atoms with Gasteiger partial charge in [0.05, 0.1) is 18.2 Å². The average Bonchev–Trinajstić information content (AvgIpc) is 2.88. The van der Waals surface area contributed by atoms with Crippen LogP contribution in [0.15, 0.2) is 76.5 Å². The normalized spacial score (nSPS) is 14.7. The number of amides is 1. The van der Waals surface area contributed by atoms with E-state index in [1.165, 1.54) is 11.8 Å². The summed E-state index contributed by atoms with van der Waals surface area (Å²) < 4.78 is 11.4. The SMILES string of the molecule is COc1ccc(C)cc1C1(CNC(=O)c2ccccc2Sc2ccccc2C#N)CCOCC1. The Morgan fingerprint density at radius 2 is 1.79 bits per heavy atom. The molecule has 1 fully saturated rings. The number of benzene rings is 3. The number of nitrogens with one attached hydrogen (secondary N) is 1. The Bertz CT molecular complexity index is 1210. The second-order valence-corrected chi connectivity index (χ2v) is 9.57. The van der Waals surface area contributed by atoms with Crippen LogP contribution in [0, 0.1) is 18.3 Å². The first-order chi connectivity index (χ1) is 16.6. The molecule has 0 unspecified atom stereocenters. The molecule has 1 aliphatic rings. The number of carbonyl (C=O) groups excluding carboxylic acids is 1. The summed E-state index contributed by atoms with van der Waals surface area (Å²) in [5.41, 5.74) is 3.20. The minimum atomic E-state index is -0.263. The Balaban J connectivity index is 1.59. The fourth-order valence-electron chi connectivity index (χ4n) is 4.39. The van der Waals surface area contributed by atoms with Crippen LogP contribution < -0.4 is 10.1 Å². The third kappa shape index (κ3) is 5.11.